The maximum absolute atomic E-state index is 12.2. The fourth-order valence-corrected chi connectivity index (χ4v) is 1.97. The number of urea groups is 1. The van der Waals surface area contributed by atoms with Crippen molar-refractivity contribution < 1.29 is 14.7 Å². The van der Waals surface area contributed by atoms with E-state index in [-0.39, 0.29) is 13.0 Å². The monoisotopic (exact) mass is 292 g/mol. The Balaban J connectivity index is 2.13. The summed E-state index contributed by atoms with van der Waals surface area (Å²) in [6.07, 6.45) is 1.30. The van der Waals surface area contributed by atoms with Gasteiger partial charge in [-0.15, -0.1) is 5.10 Å². The van der Waals surface area contributed by atoms with Crippen molar-refractivity contribution in [1.29, 1.82) is 0 Å². The van der Waals surface area contributed by atoms with Crippen LogP contribution in [0.1, 0.15) is 6.42 Å². The van der Waals surface area contributed by atoms with Crippen molar-refractivity contribution >= 4 is 34.2 Å². The van der Waals surface area contributed by atoms with Gasteiger partial charge >= 0.3 is 12.0 Å². The zero-order chi connectivity index (χ0) is 14.4. The smallest absolute Gasteiger partial charge is 0.327 e. The number of carbonyl (C=O) groups is 2. The minimum absolute atomic E-state index is 0.0808. The highest BCUT2D eigenvalue weighted by molar-refractivity contribution is 7.10. The van der Waals surface area contributed by atoms with Crippen LogP contribution < -0.4 is 10.2 Å². The summed E-state index contributed by atoms with van der Waals surface area (Å²) in [5.41, 5.74) is 0.628. The third-order valence-corrected chi connectivity index (χ3v) is 3.03. The maximum atomic E-state index is 12.2. The lowest BCUT2D eigenvalue weighted by Gasteiger charge is -2.21. The molecule has 0 radical (unpaired) electrons. The minimum Gasteiger partial charge on any atom is -0.481 e. The van der Waals surface area contributed by atoms with Crippen molar-refractivity contribution in [3.05, 3.63) is 36.5 Å². The summed E-state index contributed by atoms with van der Waals surface area (Å²) in [6, 6.07) is 8.46. The van der Waals surface area contributed by atoms with Crippen LogP contribution in [0.15, 0.2) is 36.5 Å². The summed E-state index contributed by atoms with van der Waals surface area (Å²) in [4.78, 5) is 24.3. The standard InChI is InChI=1S/C12H12N4O3S/c17-11(18)6-7-16(9-4-2-1-3-5-9)12(19)14-10-8-13-15-20-10/h1-5,8H,6-7H2,(H,14,19)(H,17,18). The first-order chi connectivity index (χ1) is 9.66. The molecule has 0 aliphatic rings. The van der Waals surface area contributed by atoms with E-state index in [1.54, 1.807) is 24.3 Å². The van der Waals surface area contributed by atoms with Crippen LogP contribution >= 0.6 is 11.5 Å². The van der Waals surface area contributed by atoms with Gasteiger partial charge in [-0.2, -0.15) is 0 Å². The Bertz CT molecular complexity index is 574. The van der Waals surface area contributed by atoms with E-state index in [1.807, 2.05) is 6.07 Å². The summed E-state index contributed by atoms with van der Waals surface area (Å²) in [6.45, 7) is 0.0808. The number of anilines is 2. The van der Waals surface area contributed by atoms with Crippen LogP contribution in [0.25, 0.3) is 0 Å². The lowest BCUT2D eigenvalue weighted by Crippen LogP contribution is -2.36. The van der Waals surface area contributed by atoms with Crippen molar-refractivity contribution in [1.82, 2.24) is 9.59 Å². The molecule has 2 rings (SSSR count). The second-order valence-corrected chi connectivity index (χ2v) is 4.63. The van der Waals surface area contributed by atoms with Gasteiger partial charge in [-0.3, -0.25) is 15.0 Å². The first-order valence-corrected chi connectivity index (χ1v) is 6.57. The van der Waals surface area contributed by atoms with Crippen LogP contribution in [0, 0.1) is 0 Å². The molecule has 1 aromatic heterocycles. The molecule has 0 spiro atoms. The second-order valence-electron chi connectivity index (χ2n) is 3.84. The first-order valence-electron chi connectivity index (χ1n) is 5.79. The molecular formula is C12H12N4O3S. The Hall–Kier alpha value is -2.48. The van der Waals surface area contributed by atoms with E-state index >= 15 is 0 Å². The summed E-state index contributed by atoms with van der Waals surface area (Å²) in [5, 5.41) is 15.5. The van der Waals surface area contributed by atoms with Crippen LogP contribution in [0.2, 0.25) is 0 Å². The number of carboxylic acids is 1. The lowest BCUT2D eigenvalue weighted by molar-refractivity contribution is -0.136. The lowest BCUT2D eigenvalue weighted by atomic mass is 10.3. The number of benzene rings is 1. The third-order valence-electron chi connectivity index (χ3n) is 2.45. The van der Waals surface area contributed by atoms with E-state index < -0.39 is 12.0 Å². The first kappa shape index (κ1) is 13.9. The second kappa shape index (κ2) is 6.62. The zero-order valence-corrected chi connectivity index (χ0v) is 11.2. The number of carboxylic acid groups (broad SMARTS) is 1. The Morgan fingerprint density at radius 3 is 2.65 bits per heavy atom. The molecule has 0 aliphatic carbocycles. The van der Waals surface area contributed by atoms with Gasteiger partial charge in [0, 0.05) is 23.8 Å². The number of nitrogens with one attached hydrogen (secondary N) is 1. The Morgan fingerprint density at radius 1 is 1.30 bits per heavy atom. The van der Waals surface area contributed by atoms with Gasteiger partial charge in [-0.25, -0.2) is 4.79 Å². The predicted molar refractivity (Wildman–Crippen MR) is 75.0 cm³/mol. The van der Waals surface area contributed by atoms with Crippen LogP contribution in [0.4, 0.5) is 15.5 Å². The molecule has 8 heteroatoms. The van der Waals surface area contributed by atoms with E-state index in [0.29, 0.717) is 10.7 Å². The average Bonchev–Trinajstić information content (AvgIpc) is 2.92. The number of aliphatic carboxylic acids is 1. The molecule has 0 aliphatic heterocycles. The van der Waals surface area contributed by atoms with Gasteiger partial charge in [0.25, 0.3) is 0 Å². The fourth-order valence-electron chi connectivity index (χ4n) is 1.56. The van der Waals surface area contributed by atoms with E-state index in [2.05, 4.69) is 14.9 Å². The molecule has 0 fully saturated rings. The SMILES string of the molecule is O=C(O)CCN(C(=O)Nc1cnns1)c1ccccc1. The molecule has 2 N–H and O–H groups in total. The molecule has 0 atom stereocenters. The number of nitrogens with zero attached hydrogens (tertiary/aromatic N) is 3. The van der Waals surface area contributed by atoms with Gasteiger partial charge in [0.05, 0.1) is 12.6 Å². The molecular weight excluding hydrogens is 280 g/mol. The molecule has 0 bridgehead atoms. The molecule has 0 unspecified atom stereocenters. The number of hydrogen-bond acceptors (Lipinski definition) is 5. The summed E-state index contributed by atoms with van der Waals surface area (Å²) < 4.78 is 3.65. The quantitative estimate of drug-likeness (QED) is 0.879. The Labute approximate surface area is 119 Å². The van der Waals surface area contributed by atoms with E-state index in [1.165, 1.54) is 11.1 Å². The van der Waals surface area contributed by atoms with Crippen molar-refractivity contribution in [2.45, 2.75) is 6.42 Å². The summed E-state index contributed by atoms with van der Waals surface area (Å²) >= 11 is 1.05. The van der Waals surface area contributed by atoms with Crippen LogP contribution in [0.5, 0.6) is 0 Å². The van der Waals surface area contributed by atoms with Crippen molar-refractivity contribution in [2.75, 3.05) is 16.8 Å². The van der Waals surface area contributed by atoms with E-state index in [4.69, 9.17) is 5.11 Å². The number of carbonyl (C=O) groups excluding carboxylic acids is 1. The van der Waals surface area contributed by atoms with E-state index in [0.717, 1.165) is 11.5 Å². The van der Waals surface area contributed by atoms with Gasteiger partial charge < -0.3 is 5.11 Å². The molecule has 0 saturated carbocycles. The Kier molecular flexibility index (Phi) is 4.61. The van der Waals surface area contributed by atoms with Crippen molar-refractivity contribution in [2.24, 2.45) is 0 Å². The fraction of sp³-hybridized carbons (Fsp3) is 0.167. The number of amides is 2. The maximum Gasteiger partial charge on any atom is 0.327 e. The molecule has 2 aromatic rings. The molecule has 1 heterocycles. The number of para-hydroxylation sites is 1. The Morgan fingerprint density at radius 2 is 2.05 bits per heavy atom. The number of hydrogen-bond donors (Lipinski definition) is 2. The highest BCUT2D eigenvalue weighted by atomic mass is 32.1. The van der Waals surface area contributed by atoms with Gasteiger partial charge in [-0.05, 0) is 12.1 Å². The molecule has 7 nitrogen and oxygen atoms in total. The third kappa shape index (κ3) is 3.75. The van der Waals surface area contributed by atoms with Crippen LogP contribution in [0.3, 0.4) is 0 Å². The molecule has 104 valence electrons. The van der Waals surface area contributed by atoms with Gasteiger partial charge in [0.15, 0.2) is 0 Å². The highest BCUT2D eigenvalue weighted by Crippen LogP contribution is 2.17. The predicted octanol–water partition coefficient (Wildman–Crippen LogP) is 2.05. The highest BCUT2D eigenvalue weighted by Gasteiger charge is 2.17. The number of aromatic nitrogens is 2. The van der Waals surface area contributed by atoms with Gasteiger partial charge in [0.1, 0.15) is 5.00 Å². The largest absolute Gasteiger partial charge is 0.481 e. The molecule has 0 saturated heterocycles. The number of rotatable bonds is 5. The van der Waals surface area contributed by atoms with Gasteiger partial charge in [-0.1, -0.05) is 22.7 Å². The topological polar surface area (TPSA) is 95.4 Å². The summed E-state index contributed by atoms with van der Waals surface area (Å²) in [5.74, 6) is -0.960. The van der Waals surface area contributed by atoms with Crippen molar-refractivity contribution in [3.63, 3.8) is 0 Å². The van der Waals surface area contributed by atoms with Crippen LogP contribution in [-0.4, -0.2) is 33.2 Å². The molecule has 20 heavy (non-hydrogen) atoms. The minimum atomic E-state index is -0.960. The molecule has 2 amide bonds. The average molecular weight is 292 g/mol. The van der Waals surface area contributed by atoms with Crippen LogP contribution in [-0.2, 0) is 4.79 Å². The van der Waals surface area contributed by atoms with Crippen molar-refractivity contribution in [3.8, 4) is 0 Å². The molecule has 1 aromatic carbocycles. The normalized spacial score (nSPS) is 10.0. The van der Waals surface area contributed by atoms with E-state index in [9.17, 15) is 9.59 Å². The summed E-state index contributed by atoms with van der Waals surface area (Å²) in [7, 11) is 0. The zero-order valence-electron chi connectivity index (χ0n) is 10.4. The van der Waals surface area contributed by atoms with Gasteiger partial charge in [0.2, 0.25) is 0 Å².